The molecule has 1 fully saturated rings. The molecule has 3 rings (SSSR count). The average Bonchev–Trinajstić information content (AvgIpc) is 2.72. The summed E-state index contributed by atoms with van der Waals surface area (Å²) in [4.78, 5) is 16.0. The molecule has 1 heterocycles. The van der Waals surface area contributed by atoms with Gasteiger partial charge in [0.25, 0.3) is 5.91 Å². The molecular formula is C23H31N4OS+. The van der Waals surface area contributed by atoms with Crippen LogP contribution in [0.3, 0.4) is 0 Å². The van der Waals surface area contributed by atoms with E-state index in [-0.39, 0.29) is 5.91 Å². The predicted molar refractivity (Wildman–Crippen MR) is 122 cm³/mol. The molecule has 1 saturated heterocycles. The molecule has 154 valence electrons. The second-order valence-corrected chi connectivity index (χ2v) is 8.06. The third-order valence-electron chi connectivity index (χ3n) is 5.58. The molecule has 1 amide bonds. The molecule has 0 atom stereocenters. The summed E-state index contributed by atoms with van der Waals surface area (Å²) in [6.45, 7) is 9.03. The SMILES string of the molecule is Cc1cccc(NC(=O)C[NH+]2CCN(C(=S)NCCc3ccccc3)CC2)c1C. The summed E-state index contributed by atoms with van der Waals surface area (Å²) in [5.41, 5.74) is 4.55. The van der Waals surface area contributed by atoms with Crippen molar-refractivity contribution in [2.75, 3.05) is 44.6 Å². The highest BCUT2D eigenvalue weighted by Gasteiger charge is 2.23. The van der Waals surface area contributed by atoms with Crippen LogP contribution in [0.2, 0.25) is 0 Å². The molecule has 0 bridgehead atoms. The van der Waals surface area contributed by atoms with E-state index in [1.54, 1.807) is 0 Å². The highest BCUT2D eigenvalue weighted by atomic mass is 32.1. The van der Waals surface area contributed by atoms with Gasteiger partial charge in [-0.3, -0.25) is 4.79 Å². The van der Waals surface area contributed by atoms with Crippen LogP contribution in [0.5, 0.6) is 0 Å². The molecule has 0 unspecified atom stereocenters. The van der Waals surface area contributed by atoms with Crippen LogP contribution in [-0.2, 0) is 11.2 Å². The summed E-state index contributed by atoms with van der Waals surface area (Å²) in [5, 5.41) is 7.25. The van der Waals surface area contributed by atoms with Gasteiger partial charge in [-0.1, -0.05) is 42.5 Å². The number of benzene rings is 2. The topological polar surface area (TPSA) is 48.8 Å². The van der Waals surface area contributed by atoms with Crippen molar-refractivity contribution in [1.29, 1.82) is 0 Å². The maximum absolute atomic E-state index is 12.5. The second-order valence-electron chi connectivity index (χ2n) is 7.68. The van der Waals surface area contributed by atoms with Crippen LogP contribution in [0.25, 0.3) is 0 Å². The van der Waals surface area contributed by atoms with Gasteiger partial charge in [-0.15, -0.1) is 0 Å². The minimum absolute atomic E-state index is 0.0747. The normalized spacial score (nSPS) is 14.5. The molecule has 1 aliphatic heterocycles. The number of carbonyl (C=O) groups excluding carboxylic acids is 1. The minimum Gasteiger partial charge on any atom is -0.362 e. The van der Waals surface area contributed by atoms with Crippen molar-refractivity contribution in [3.8, 4) is 0 Å². The van der Waals surface area contributed by atoms with Gasteiger partial charge in [0, 0.05) is 12.2 Å². The molecule has 5 nitrogen and oxygen atoms in total. The monoisotopic (exact) mass is 411 g/mol. The predicted octanol–water partition coefficient (Wildman–Crippen LogP) is 1.56. The first-order valence-electron chi connectivity index (χ1n) is 10.3. The quantitative estimate of drug-likeness (QED) is 0.632. The largest absolute Gasteiger partial charge is 0.362 e. The number of rotatable bonds is 6. The molecule has 1 aliphatic rings. The van der Waals surface area contributed by atoms with Gasteiger partial charge in [-0.2, -0.15) is 0 Å². The maximum atomic E-state index is 12.5. The Morgan fingerprint density at radius 3 is 2.52 bits per heavy atom. The van der Waals surface area contributed by atoms with E-state index in [2.05, 4.69) is 52.8 Å². The lowest BCUT2D eigenvalue weighted by atomic mass is 10.1. The fraction of sp³-hybridized carbons (Fsp3) is 0.391. The number of amides is 1. The van der Waals surface area contributed by atoms with Crippen LogP contribution >= 0.6 is 12.2 Å². The Labute approximate surface area is 179 Å². The number of nitrogens with one attached hydrogen (secondary N) is 3. The minimum atomic E-state index is 0.0747. The fourth-order valence-corrected chi connectivity index (χ4v) is 3.87. The Bertz CT molecular complexity index is 832. The van der Waals surface area contributed by atoms with E-state index in [0.29, 0.717) is 6.54 Å². The Hall–Kier alpha value is -2.44. The molecule has 3 N–H and O–H groups in total. The smallest absolute Gasteiger partial charge is 0.279 e. The number of nitrogens with zero attached hydrogens (tertiary/aromatic N) is 1. The first kappa shape index (κ1) is 21.3. The fourth-order valence-electron chi connectivity index (χ4n) is 3.58. The zero-order valence-electron chi connectivity index (χ0n) is 17.3. The van der Waals surface area contributed by atoms with E-state index in [1.165, 1.54) is 16.0 Å². The van der Waals surface area contributed by atoms with Gasteiger partial charge in [-0.05, 0) is 55.2 Å². The summed E-state index contributed by atoms with van der Waals surface area (Å²) in [6, 6.07) is 16.4. The number of hydrogen-bond donors (Lipinski definition) is 3. The molecule has 6 heteroatoms. The zero-order chi connectivity index (χ0) is 20.6. The summed E-state index contributed by atoms with van der Waals surface area (Å²) in [6.07, 6.45) is 0.963. The van der Waals surface area contributed by atoms with Crippen LogP contribution in [0, 0.1) is 13.8 Å². The second kappa shape index (κ2) is 10.4. The zero-order valence-corrected chi connectivity index (χ0v) is 18.1. The van der Waals surface area contributed by atoms with Gasteiger partial charge in [-0.25, -0.2) is 0 Å². The summed E-state index contributed by atoms with van der Waals surface area (Å²) in [7, 11) is 0. The first-order chi connectivity index (χ1) is 14.0. The number of aryl methyl sites for hydroxylation is 1. The lowest BCUT2D eigenvalue weighted by Gasteiger charge is -2.33. The highest BCUT2D eigenvalue weighted by Crippen LogP contribution is 2.17. The molecular weight excluding hydrogens is 380 g/mol. The van der Waals surface area contributed by atoms with E-state index in [9.17, 15) is 4.79 Å². The van der Waals surface area contributed by atoms with E-state index in [0.717, 1.165) is 55.5 Å². The number of carbonyl (C=O) groups is 1. The van der Waals surface area contributed by atoms with Crippen molar-refractivity contribution < 1.29 is 9.69 Å². The number of thiocarbonyl (C=S) groups is 1. The van der Waals surface area contributed by atoms with Crippen LogP contribution in [0.1, 0.15) is 16.7 Å². The Morgan fingerprint density at radius 1 is 1.07 bits per heavy atom. The summed E-state index contributed by atoms with van der Waals surface area (Å²) >= 11 is 5.56. The lowest BCUT2D eigenvalue weighted by molar-refractivity contribution is -0.895. The van der Waals surface area contributed by atoms with E-state index in [1.807, 2.05) is 25.1 Å². The molecule has 29 heavy (non-hydrogen) atoms. The number of piperazine rings is 1. The van der Waals surface area contributed by atoms with Gasteiger partial charge in [0.2, 0.25) is 0 Å². The molecule has 2 aromatic rings. The third kappa shape index (κ3) is 6.27. The standard InChI is InChI=1S/C23H30N4OS/c1-18-7-6-10-21(19(18)2)25-22(28)17-26-13-15-27(16-14-26)23(29)24-12-11-20-8-4-3-5-9-20/h3-10H,11-17H2,1-2H3,(H,24,29)(H,25,28)/p+1. The van der Waals surface area contributed by atoms with Crippen molar-refractivity contribution in [3.05, 3.63) is 65.2 Å². The lowest BCUT2D eigenvalue weighted by Crippen LogP contribution is -3.15. The molecule has 0 spiro atoms. The Balaban J connectivity index is 1.37. The summed E-state index contributed by atoms with van der Waals surface area (Å²) in [5.74, 6) is 0.0747. The Kier molecular flexibility index (Phi) is 7.61. The van der Waals surface area contributed by atoms with Crippen molar-refractivity contribution in [2.45, 2.75) is 20.3 Å². The molecule has 0 aromatic heterocycles. The van der Waals surface area contributed by atoms with Crippen molar-refractivity contribution in [2.24, 2.45) is 0 Å². The van der Waals surface area contributed by atoms with Gasteiger partial charge in [0.05, 0.1) is 26.2 Å². The third-order valence-corrected chi connectivity index (χ3v) is 5.98. The average molecular weight is 412 g/mol. The van der Waals surface area contributed by atoms with E-state index < -0.39 is 0 Å². The molecule has 0 radical (unpaired) electrons. The van der Waals surface area contributed by atoms with Crippen LogP contribution in [0.4, 0.5) is 5.69 Å². The van der Waals surface area contributed by atoms with Crippen molar-refractivity contribution >= 4 is 28.9 Å². The number of hydrogen-bond acceptors (Lipinski definition) is 2. The van der Waals surface area contributed by atoms with E-state index in [4.69, 9.17) is 12.2 Å². The van der Waals surface area contributed by atoms with Gasteiger partial charge in [0.15, 0.2) is 11.7 Å². The van der Waals surface area contributed by atoms with Gasteiger partial charge < -0.3 is 20.4 Å². The number of anilines is 1. The van der Waals surface area contributed by atoms with Crippen molar-refractivity contribution in [1.82, 2.24) is 10.2 Å². The van der Waals surface area contributed by atoms with E-state index >= 15 is 0 Å². The van der Waals surface area contributed by atoms with Crippen LogP contribution in [0.15, 0.2) is 48.5 Å². The van der Waals surface area contributed by atoms with Crippen LogP contribution in [-0.4, -0.2) is 55.2 Å². The molecule has 2 aromatic carbocycles. The van der Waals surface area contributed by atoms with Gasteiger partial charge in [0.1, 0.15) is 0 Å². The molecule has 0 aliphatic carbocycles. The van der Waals surface area contributed by atoms with Gasteiger partial charge >= 0.3 is 0 Å². The maximum Gasteiger partial charge on any atom is 0.279 e. The Morgan fingerprint density at radius 2 is 1.79 bits per heavy atom. The summed E-state index contributed by atoms with van der Waals surface area (Å²) < 4.78 is 0. The first-order valence-corrected chi connectivity index (χ1v) is 10.7. The van der Waals surface area contributed by atoms with Crippen LogP contribution < -0.4 is 15.5 Å². The highest BCUT2D eigenvalue weighted by molar-refractivity contribution is 7.80. The van der Waals surface area contributed by atoms with Crippen molar-refractivity contribution in [3.63, 3.8) is 0 Å². The number of quaternary nitrogens is 1. The molecule has 0 saturated carbocycles.